The highest BCUT2D eigenvalue weighted by atomic mass is 32.1. The Morgan fingerprint density at radius 2 is 1.91 bits per heavy atom. The highest BCUT2D eigenvalue weighted by molar-refractivity contribution is 7.16. The maximum Gasteiger partial charge on any atom is 0.435 e. The Morgan fingerprint density at radius 3 is 2.57 bits per heavy atom. The average molecular weight is 530 g/mol. The number of aryl methyl sites for hydroxylation is 1. The molecule has 0 bridgehead atoms. The van der Waals surface area contributed by atoms with Crippen LogP contribution < -0.4 is 16.0 Å². The van der Waals surface area contributed by atoms with Crippen LogP contribution >= 0.6 is 11.3 Å². The highest BCUT2D eigenvalue weighted by Gasteiger charge is 2.37. The molecule has 0 saturated carbocycles. The molecule has 0 fully saturated rings. The van der Waals surface area contributed by atoms with E-state index in [4.69, 9.17) is 5.11 Å². The van der Waals surface area contributed by atoms with E-state index in [0.29, 0.717) is 17.0 Å². The minimum absolute atomic E-state index is 0.109. The molecule has 2 aromatic heterocycles. The number of halogens is 6. The van der Waals surface area contributed by atoms with Crippen LogP contribution in [0.25, 0.3) is 0 Å². The number of hydrogen-bond donors (Lipinski definition) is 5. The number of aliphatic hydroxyl groups is 2. The second-order valence-electron chi connectivity index (χ2n) is 8.00. The molecule has 1 unspecified atom stereocenters. The van der Waals surface area contributed by atoms with Crippen LogP contribution in [0.3, 0.4) is 0 Å². The van der Waals surface area contributed by atoms with E-state index in [1.54, 1.807) is 0 Å². The molecule has 0 aliphatic heterocycles. The van der Waals surface area contributed by atoms with E-state index in [1.807, 2.05) is 5.32 Å². The van der Waals surface area contributed by atoms with Crippen molar-refractivity contribution < 1.29 is 41.4 Å². The number of aromatic nitrogens is 2. The Labute approximate surface area is 200 Å². The van der Waals surface area contributed by atoms with Crippen LogP contribution in [0.1, 0.15) is 46.3 Å². The van der Waals surface area contributed by atoms with Gasteiger partial charge in [0.05, 0.1) is 13.2 Å². The van der Waals surface area contributed by atoms with E-state index in [2.05, 4.69) is 15.7 Å². The number of rotatable bonds is 10. The van der Waals surface area contributed by atoms with Crippen LogP contribution in [-0.4, -0.2) is 51.8 Å². The summed E-state index contributed by atoms with van der Waals surface area (Å²) in [6, 6.07) is 0. The SMILES string of the molecule is O=C(Cn1cc(CNCC(F)(F)F)c(C(F)(F)F)n1)Nc1sc2c(c1C(O)NCCO)CCCC2. The minimum Gasteiger partial charge on any atom is -0.395 e. The van der Waals surface area contributed by atoms with Crippen LogP contribution in [0.15, 0.2) is 6.20 Å². The molecule has 1 amide bonds. The molecule has 35 heavy (non-hydrogen) atoms. The largest absolute Gasteiger partial charge is 0.435 e. The van der Waals surface area contributed by atoms with Gasteiger partial charge in [-0.05, 0) is 31.2 Å². The lowest BCUT2D eigenvalue weighted by molar-refractivity contribution is -0.142. The van der Waals surface area contributed by atoms with Gasteiger partial charge in [0.25, 0.3) is 0 Å². The molecule has 196 valence electrons. The molecule has 2 heterocycles. The lowest BCUT2D eigenvalue weighted by Crippen LogP contribution is -2.28. The van der Waals surface area contributed by atoms with Crippen LogP contribution in [-0.2, 0) is 36.9 Å². The summed E-state index contributed by atoms with van der Waals surface area (Å²) in [5.74, 6) is -0.717. The van der Waals surface area contributed by atoms with E-state index in [0.717, 1.165) is 40.6 Å². The number of nitrogens with one attached hydrogen (secondary N) is 3. The summed E-state index contributed by atoms with van der Waals surface area (Å²) in [5, 5.41) is 30.5. The summed E-state index contributed by atoms with van der Waals surface area (Å²) >= 11 is 1.27. The minimum atomic E-state index is -4.92. The molecular formula is C20H25F6N5O3S. The zero-order valence-electron chi connectivity index (χ0n) is 18.4. The summed E-state index contributed by atoms with van der Waals surface area (Å²) in [7, 11) is 0. The van der Waals surface area contributed by atoms with Gasteiger partial charge >= 0.3 is 12.4 Å². The smallest absolute Gasteiger partial charge is 0.395 e. The molecule has 8 nitrogen and oxygen atoms in total. The molecule has 1 aliphatic carbocycles. The summed E-state index contributed by atoms with van der Waals surface area (Å²) < 4.78 is 77.6. The summed E-state index contributed by atoms with van der Waals surface area (Å²) in [6.45, 7) is -2.94. The molecule has 3 rings (SSSR count). The Hall–Kier alpha value is -2.20. The quantitative estimate of drug-likeness (QED) is 0.239. The number of thiophene rings is 1. The second kappa shape index (κ2) is 11.2. The highest BCUT2D eigenvalue weighted by Crippen LogP contribution is 2.41. The fourth-order valence-electron chi connectivity index (χ4n) is 3.84. The maximum absolute atomic E-state index is 13.3. The number of alkyl halides is 6. The first-order valence-corrected chi connectivity index (χ1v) is 11.6. The van der Waals surface area contributed by atoms with Crippen molar-refractivity contribution in [3.05, 3.63) is 33.5 Å². The standard InChI is InChI=1S/C20H25F6N5O3S/c21-19(22,23)10-27-7-11-8-31(30-16(11)20(24,25)26)9-14(33)29-18-15(17(34)28-5-6-32)12-3-1-2-4-13(12)35-18/h8,17,27-28,32,34H,1-7,9-10H2,(H,29,33). The first-order chi connectivity index (χ1) is 16.4. The van der Waals surface area contributed by atoms with Gasteiger partial charge in [0.1, 0.15) is 17.8 Å². The molecule has 5 N–H and O–H groups in total. The van der Waals surface area contributed by atoms with Crippen molar-refractivity contribution in [2.45, 2.75) is 57.4 Å². The van der Waals surface area contributed by atoms with Crippen molar-refractivity contribution in [3.63, 3.8) is 0 Å². The molecule has 0 saturated heterocycles. The van der Waals surface area contributed by atoms with Crippen molar-refractivity contribution >= 4 is 22.2 Å². The zero-order valence-corrected chi connectivity index (χ0v) is 19.2. The topological polar surface area (TPSA) is 111 Å². The van der Waals surface area contributed by atoms with Gasteiger partial charge in [-0.1, -0.05) is 0 Å². The van der Waals surface area contributed by atoms with E-state index in [9.17, 15) is 36.2 Å². The number of fused-ring (bicyclic) bond motifs is 1. The normalized spacial score (nSPS) is 15.2. The van der Waals surface area contributed by atoms with Crippen molar-refractivity contribution in [2.24, 2.45) is 0 Å². The lowest BCUT2D eigenvalue weighted by atomic mass is 9.95. The third-order valence-corrected chi connectivity index (χ3v) is 6.46. The fraction of sp³-hybridized carbons (Fsp3) is 0.600. The first kappa shape index (κ1) is 27.4. The fourth-order valence-corrected chi connectivity index (χ4v) is 5.18. The number of nitrogens with zero attached hydrogens (tertiary/aromatic N) is 2. The molecule has 0 aromatic carbocycles. The third-order valence-electron chi connectivity index (χ3n) is 5.24. The summed E-state index contributed by atoms with van der Waals surface area (Å²) in [4.78, 5) is 13.6. The third kappa shape index (κ3) is 7.39. The van der Waals surface area contributed by atoms with Crippen molar-refractivity contribution in [3.8, 4) is 0 Å². The Balaban J connectivity index is 1.76. The van der Waals surface area contributed by atoms with Crippen LogP contribution in [0.2, 0.25) is 0 Å². The van der Waals surface area contributed by atoms with Gasteiger partial charge < -0.3 is 20.8 Å². The van der Waals surface area contributed by atoms with E-state index in [-0.39, 0.29) is 13.2 Å². The van der Waals surface area contributed by atoms with Crippen molar-refractivity contribution in [1.29, 1.82) is 0 Å². The van der Waals surface area contributed by atoms with Crippen LogP contribution in [0.4, 0.5) is 31.3 Å². The summed E-state index contributed by atoms with van der Waals surface area (Å²) in [5.41, 5.74) is -0.549. The number of amides is 1. The maximum atomic E-state index is 13.3. The Kier molecular flexibility index (Phi) is 8.80. The van der Waals surface area contributed by atoms with Gasteiger partial charge in [0, 0.05) is 35.3 Å². The van der Waals surface area contributed by atoms with Gasteiger partial charge in [-0.2, -0.15) is 31.4 Å². The molecule has 0 spiro atoms. The number of carbonyl (C=O) groups is 1. The predicted octanol–water partition coefficient (Wildman–Crippen LogP) is 2.71. The molecule has 2 aromatic rings. The van der Waals surface area contributed by atoms with Crippen LogP contribution in [0, 0.1) is 0 Å². The summed E-state index contributed by atoms with van der Waals surface area (Å²) in [6.07, 6.45) is -6.50. The van der Waals surface area contributed by atoms with Gasteiger partial charge in [0.15, 0.2) is 5.69 Å². The van der Waals surface area contributed by atoms with Gasteiger partial charge in [-0.3, -0.25) is 14.8 Å². The molecule has 0 radical (unpaired) electrons. The number of aliphatic hydroxyl groups excluding tert-OH is 2. The second-order valence-corrected chi connectivity index (χ2v) is 9.10. The molecular weight excluding hydrogens is 504 g/mol. The van der Waals surface area contributed by atoms with Crippen LogP contribution in [0.5, 0.6) is 0 Å². The number of hydrogen-bond acceptors (Lipinski definition) is 7. The van der Waals surface area contributed by atoms with E-state index < -0.39 is 55.4 Å². The van der Waals surface area contributed by atoms with Gasteiger partial charge in [0.2, 0.25) is 5.91 Å². The van der Waals surface area contributed by atoms with Crippen molar-refractivity contribution in [2.75, 3.05) is 25.0 Å². The first-order valence-electron chi connectivity index (χ1n) is 10.8. The molecule has 1 aliphatic rings. The molecule has 1 atom stereocenters. The number of carbonyl (C=O) groups excluding carboxylic acids is 1. The van der Waals surface area contributed by atoms with Crippen molar-refractivity contribution in [1.82, 2.24) is 20.4 Å². The van der Waals surface area contributed by atoms with E-state index >= 15 is 0 Å². The monoisotopic (exact) mass is 529 g/mol. The van der Waals surface area contributed by atoms with Gasteiger partial charge in [-0.15, -0.1) is 11.3 Å². The Morgan fingerprint density at radius 1 is 1.20 bits per heavy atom. The zero-order chi connectivity index (χ0) is 25.8. The predicted molar refractivity (Wildman–Crippen MR) is 115 cm³/mol. The number of anilines is 1. The van der Waals surface area contributed by atoms with Gasteiger partial charge in [-0.25, -0.2) is 0 Å². The van der Waals surface area contributed by atoms with E-state index in [1.165, 1.54) is 11.3 Å². The average Bonchev–Trinajstić information content (AvgIpc) is 3.31. The Bertz CT molecular complexity index is 1020. The lowest BCUT2D eigenvalue weighted by Gasteiger charge is -2.18. The molecule has 15 heteroatoms.